The molecule has 0 atom stereocenters. The van der Waals surface area contributed by atoms with Crippen LogP contribution in [0.5, 0.6) is 0 Å². The molecule has 4 nitrogen and oxygen atoms in total. The van der Waals surface area contributed by atoms with Crippen LogP contribution < -0.4 is 0 Å². The Labute approximate surface area is 143 Å². The van der Waals surface area contributed by atoms with E-state index in [9.17, 15) is 0 Å². The first-order chi connectivity index (χ1) is 11.3. The summed E-state index contributed by atoms with van der Waals surface area (Å²) in [6, 6.07) is 12.6. The Morgan fingerprint density at radius 1 is 1.13 bits per heavy atom. The molecule has 1 aliphatic heterocycles. The number of aromatic amines is 1. The van der Waals surface area contributed by atoms with Crippen LogP contribution in [0, 0.1) is 0 Å². The highest BCUT2D eigenvalue weighted by molar-refractivity contribution is 9.10. The van der Waals surface area contributed by atoms with E-state index in [-0.39, 0.29) is 0 Å². The van der Waals surface area contributed by atoms with Gasteiger partial charge >= 0.3 is 0 Å². The standard InChI is InChI=1S/C18H18BrN3O/c19-14-3-1-13(2-4-14)18-16-11-15(21-17(16)5-6-20-18)12-22-7-9-23-10-8-22/h1-6,11,21H,7-10,12H2. The maximum Gasteiger partial charge on any atom is 0.0795 e. The molecule has 118 valence electrons. The molecule has 1 fully saturated rings. The number of halogens is 1. The van der Waals surface area contributed by atoms with Crippen LogP contribution in [0.3, 0.4) is 0 Å². The third-order valence-corrected chi connectivity index (χ3v) is 4.75. The molecule has 5 heteroatoms. The highest BCUT2D eigenvalue weighted by atomic mass is 79.9. The number of benzene rings is 1. The molecule has 1 saturated heterocycles. The molecular formula is C18H18BrN3O. The number of hydrogen-bond donors (Lipinski definition) is 1. The molecule has 0 aliphatic carbocycles. The SMILES string of the molecule is Brc1ccc(-c2nccc3[nH]c(CN4CCOCC4)cc23)cc1. The second kappa shape index (κ2) is 6.43. The Balaban J connectivity index is 1.68. The van der Waals surface area contributed by atoms with Gasteiger partial charge in [0.25, 0.3) is 0 Å². The fraction of sp³-hybridized carbons (Fsp3) is 0.278. The number of aromatic nitrogens is 2. The fourth-order valence-electron chi connectivity index (χ4n) is 3.03. The fourth-order valence-corrected chi connectivity index (χ4v) is 3.30. The molecule has 3 aromatic rings. The van der Waals surface area contributed by atoms with Gasteiger partial charge in [0.05, 0.1) is 18.9 Å². The molecule has 1 aromatic carbocycles. The zero-order valence-corrected chi connectivity index (χ0v) is 14.3. The number of rotatable bonds is 3. The zero-order chi connectivity index (χ0) is 15.6. The predicted octanol–water partition coefficient (Wildman–Crippen LogP) is 3.82. The summed E-state index contributed by atoms with van der Waals surface area (Å²) in [6.45, 7) is 4.57. The summed E-state index contributed by atoms with van der Waals surface area (Å²) >= 11 is 3.48. The first-order valence-corrected chi connectivity index (χ1v) is 8.61. The summed E-state index contributed by atoms with van der Waals surface area (Å²) in [6.07, 6.45) is 1.87. The molecule has 1 aliphatic rings. The second-order valence-corrected chi connectivity index (χ2v) is 6.73. The van der Waals surface area contributed by atoms with Crippen LogP contribution >= 0.6 is 15.9 Å². The zero-order valence-electron chi connectivity index (χ0n) is 12.8. The van der Waals surface area contributed by atoms with Crippen molar-refractivity contribution in [2.24, 2.45) is 0 Å². The van der Waals surface area contributed by atoms with Crippen LogP contribution in [0.1, 0.15) is 5.69 Å². The average molecular weight is 372 g/mol. The molecule has 1 N–H and O–H groups in total. The summed E-state index contributed by atoms with van der Waals surface area (Å²) in [5.74, 6) is 0. The number of H-pyrrole nitrogens is 1. The van der Waals surface area contributed by atoms with Gasteiger partial charge in [-0.25, -0.2) is 0 Å². The first-order valence-electron chi connectivity index (χ1n) is 7.82. The lowest BCUT2D eigenvalue weighted by Crippen LogP contribution is -2.35. The van der Waals surface area contributed by atoms with E-state index in [1.165, 1.54) is 11.1 Å². The van der Waals surface area contributed by atoms with Crippen LogP contribution in [0.15, 0.2) is 47.1 Å². The van der Waals surface area contributed by atoms with E-state index in [1.54, 1.807) is 0 Å². The van der Waals surface area contributed by atoms with Crippen LogP contribution in [0.4, 0.5) is 0 Å². The third-order valence-electron chi connectivity index (χ3n) is 4.22. The van der Waals surface area contributed by atoms with E-state index in [1.807, 2.05) is 12.3 Å². The maximum absolute atomic E-state index is 5.42. The molecular weight excluding hydrogens is 354 g/mol. The first kappa shape index (κ1) is 14.9. The Hall–Kier alpha value is -1.69. The quantitative estimate of drug-likeness (QED) is 0.760. The number of morpholine rings is 1. The number of hydrogen-bond acceptors (Lipinski definition) is 3. The van der Waals surface area contributed by atoms with E-state index in [0.29, 0.717) is 0 Å². The van der Waals surface area contributed by atoms with Gasteiger partial charge < -0.3 is 9.72 Å². The molecule has 4 rings (SSSR count). The summed E-state index contributed by atoms with van der Waals surface area (Å²) in [5.41, 5.74) is 4.53. The van der Waals surface area contributed by atoms with E-state index in [0.717, 1.165) is 54.1 Å². The van der Waals surface area contributed by atoms with Gasteiger partial charge in [-0.3, -0.25) is 9.88 Å². The minimum atomic E-state index is 0.825. The number of nitrogens with one attached hydrogen (secondary N) is 1. The summed E-state index contributed by atoms with van der Waals surface area (Å²) in [5, 5.41) is 1.18. The van der Waals surface area contributed by atoms with E-state index < -0.39 is 0 Å². The molecule has 23 heavy (non-hydrogen) atoms. The van der Waals surface area contributed by atoms with Crippen LogP contribution in [0.25, 0.3) is 22.2 Å². The van der Waals surface area contributed by atoms with Crippen molar-refractivity contribution >= 4 is 26.8 Å². The molecule has 0 bridgehead atoms. The smallest absolute Gasteiger partial charge is 0.0795 e. The Kier molecular flexibility index (Phi) is 4.16. The Morgan fingerprint density at radius 2 is 1.91 bits per heavy atom. The highest BCUT2D eigenvalue weighted by Crippen LogP contribution is 2.28. The average Bonchev–Trinajstić information content (AvgIpc) is 2.99. The topological polar surface area (TPSA) is 41.2 Å². The Bertz CT molecular complexity index is 807. The molecule has 2 aromatic heterocycles. The number of pyridine rings is 1. The van der Waals surface area contributed by atoms with Crippen molar-refractivity contribution in [1.29, 1.82) is 0 Å². The molecule has 0 spiro atoms. The Morgan fingerprint density at radius 3 is 2.70 bits per heavy atom. The summed E-state index contributed by atoms with van der Waals surface area (Å²) in [4.78, 5) is 10.5. The van der Waals surface area contributed by atoms with Gasteiger partial charge in [-0.05, 0) is 24.3 Å². The third kappa shape index (κ3) is 3.17. The van der Waals surface area contributed by atoms with Crippen molar-refractivity contribution in [3.8, 4) is 11.3 Å². The van der Waals surface area contributed by atoms with E-state index in [2.05, 4.69) is 61.1 Å². The van der Waals surface area contributed by atoms with Gasteiger partial charge in [0, 0.05) is 52.5 Å². The van der Waals surface area contributed by atoms with Crippen LogP contribution in [-0.2, 0) is 11.3 Å². The summed E-state index contributed by atoms with van der Waals surface area (Å²) in [7, 11) is 0. The predicted molar refractivity (Wildman–Crippen MR) is 95.3 cm³/mol. The van der Waals surface area contributed by atoms with Gasteiger partial charge in [0.2, 0.25) is 0 Å². The van der Waals surface area contributed by atoms with Gasteiger partial charge in [0.15, 0.2) is 0 Å². The number of ether oxygens (including phenoxy) is 1. The van der Waals surface area contributed by atoms with Gasteiger partial charge in [-0.1, -0.05) is 28.1 Å². The van der Waals surface area contributed by atoms with Crippen LogP contribution in [0.2, 0.25) is 0 Å². The largest absolute Gasteiger partial charge is 0.379 e. The van der Waals surface area contributed by atoms with Crippen LogP contribution in [-0.4, -0.2) is 41.2 Å². The van der Waals surface area contributed by atoms with Gasteiger partial charge in [-0.2, -0.15) is 0 Å². The summed E-state index contributed by atoms with van der Waals surface area (Å²) < 4.78 is 6.50. The normalized spacial score (nSPS) is 16.0. The van der Waals surface area contributed by atoms with Crippen molar-refractivity contribution in [2.45, 2.75) is 6.54 Å². The number of nitrogens with zero attached hydrogens (tertiary/aromatic N) is 2. The van der Waals surface area contributed by atoms with Crippen molar-refractivity contribution in [1.82, 2.24) is 14.9 Å². The van der Waals surface area contributed by atoms with Crippen molar-refractivity contribution in [3.05, 3.63) is 52.8 Å². The van der Waals surface area contributed by atoms with Crippen molar-refractivity contribution in [3.63, 3.8) is 0 Å². The monoisotopic (exact) mass is 371 g/mol. The van der Waals surface area contributed by atoms with E-state index in [4.69, 9.17) is 4.74 Å². The minimum absolute atomic E-state index is 0.825. The van der Waals surface area contributed by atoms with Crippen molar-refractivity contribution in [2.75, 3.05) is 26.3 Å². The lowest BCUT2D eigenvalue weighted by molar-refractivity contribution is 0.0337. The van der Waals surface area contributed by atoms with Gasteiger partial charge in [0.1, 0.15) is 0 Å². The minimum Gasteiger partial charge on any atom is -0.379 e. The lowest BCUT2D eigenvalue weighted by atomic mass is 10.1. The maximum atomic E-state index is 5.42. The second-order valence-electron chi connectivity index (χ2n) is 5.81. The molecule has 0 saturated carbocycles. The number of fused-ring (bicyclic) bond motifs is 1. The van der Waals surface area contributed by atoms with Gasteiger partial charge in [-0.15, -0.1) is 0 Å². The molecule has 0 unspecified atom stereocenters. The molecule has 3 heterocycles. The molecule has 0 amide bonds. The van der Waals surface area contributed by atoms with E-state index >= 15 is 0 Å². The highest BCUT2D eigenvalue weighted by Gasteiger charge is 2.14. The molecule has 0 radical (unpaired) electrons. The van der Waals surface area contributed by atoms with Crippen molar-refractivity contribution < 1.29 is 4.74 Å². The lowest BCUT2D eigenvalue weighted by Gasteiger charge is -2.25.